The first-order valence-corrected chi connectivity index (χ1v) is 10.1. The SMILES string of the molecule is O=C(O)CC(c1ccccc1)n1cnc2ccc(NC(=O)c3ccccc3Br)cc21. The topological polar surface area (TPSA) is 84.2 Å². The number of carboxylic acid groups (broad SMARTS) is 1. The number of benzene rings is 3. The van der Waals surface area contributed by atoms with Gasteiger partial charge in [0.15, 0.2) is 0 Å². The summed E-state index contributed by atoms with van der Waals surface area (Å²) in [5.41, 5.74) is 3.48. The van der Waals surface area contributed by atoms with Crippen LogP contribution in [-0.4, -0.2) is 26.5 Å². The second-order valence-corrected chi connectivity index (χ2v) is 7.67. The van der Waals surface area contributed by atoms with Gasteiger partial charge in [-0.05, 0) is 51.8 Å². The average molecular weight is 464 g/mol. The van der Waals surface area contributed by atoms with Crippen LogP contribution in [0.25, 0.3) is 11.0 Å². The summed E-state index contributed by atoms with van der Waals surface area (Å²) in [7, 11) is 0. The van der Waals surface area contributed by atoms with Gasteiger partial charge in [0.25, 0.3) is 5.91 Å². The molecule has 0 aliphatic carbocycles. The van der Waals surface area contributed by atoms with Crippen molar-refractivity contribution in [3.63, 3.8) is 0 Å². The van der Waals surface area contributed by atoms with Gasteiger partial charge in [-0.3, -0.25) is 9.59 Å². The van der Waals surface area contributed by atoms with Crippen molar-refractivity contribution in [3.05, 3.63) is 94.7 Å². The maximum Gasteiger partial charge on any atom is 0.305 e. The number of nitrogens with one attached hydrogen (secondary N) is 1. The van der Waals surface area contributed by atoms with Gasteiger partial charge in [0.2, 0.25) is 0 Å². The quantitative estimate of drug-likeness (QED) is 0.415. The molecule has 1 unspecified atom stereocenters. The summed E-state index contributed by atoms with van der Waals surface area (Å²) >= 11 is 3.39. The molecular weight excluding hydrogens is 446 g/mol. The Hall–Kier alpha value is -3.45. The Morgan fingerprint density at radius 1 is 1.03 bits per heavy atom. The highest BCUT2D eigenvalue weighted by molar-refractivity contribution is 9.10. The maximum atomic E-state index is 12.7. The molecule has 0 aliphatic heterocycles. The van der Waals surface area contributed by atoms with Gasteiger partial charge in [0.1, 0.15) is 0 Å². The number of anilines is 1. The van der Waals surface area contributed by atoms with Crippen LogP contribution < -0.4 is 5.32 Å². The molecule has 3 aromatic carbocycles. The highest BCUT2D eigenvalue weighted by Crippen LogP contribution is 2.28. The van der Waals surface area contributed by atoms with E-state index in [-0.39, 0.29) is 12.3 Å². The van der Waals surface area contributed by atoms with Crippen molar-refractivity contribution in [2.24, 2.45) is 0 Å². The number of hydrogen-bond donors (Lipinski definition) is 2. The van der Waals surface area contributed by atoms with Crippen LogP contribution in [0.4, 0.5) is 5.69 Å². The number of carbonyl (C=O) groups is 2. The highest BCUT2D eigenvalue weighted by Gasteiger charge is 2.20. The number of amides is 1. The largest absolute Gasteiger partial charge is 0.481 e. The first kappa shape index (κ1) is 19.8. The summed E-state index contributed by atoms with van der Waals surface area (Å²) in [4.78, 5) is 28.6. The molecule has 4 aromatic rings. The van der Waals surface area contributed by atoms with Crippen molar-refractivity contribution in [1.29, 1.82) is 0 Å². The number of carboxylic acids is 1. The Bertz CT molecular complexity index is 1220. The third-order valence-electron chi connectivity index (χ3n) is 4.84. The summed E-state index contributed by atoms with van der Waals surface area (Å²) in [6, 6.07) is 21.6. The third kappa shape index (κ3) is 4.11. The van der Waals surface area contributed by atoms with Crippen LogP contribution in [0.1, 0.15) is 28.4 Å². The highest BCUT2D eigenvalue weighted by atomic mass is 79.9. The van der Waals surface area contributed by atoms with Crippen LogP contribution in [0.3, 0.4) is 0 Å². The second-order valence-electron chi connectivity index (χ2n) is 6.81. The van der Waals surface area contributed by atoms with Crippen molar-refractivity contribution in [3.8, 4) is 0 Å². The predicted molar refractivity (Wildman–Crippen MR) is 119 cm³/mol. The third-order valence-corrected chi connectivity index (χ3v) is 5.53. The number of aromatic nitrogens is 2. The lowest BCUT2D eigenvalue weighted by molar-refractivity contribution is -0.137. The van der Waals surface area contributed by atoms with E-state index >= 15 is 0 Å². The second kappa shape index (κ2) is 8.51. The number of rotatable bonds is 6. The summed E-state index contributed by atoms with van der Waals surface area (Å²) in [5, 5.41) is 12.3. The molecule has 1 amide bonds. The summed E-state index contributed by atoms with van der Waals surface area (Å²) in [6.07, 6.45) is 1.56. The van der Waals surface area contributed by atoms with E-state index in [2.05, 4.69) is 26.2 Å². The standard InChI is InChI=1S/C23H18BrN3O3/c24-18-9-5-4-8-17(18)23(30)26-16-10-11-19-21(12-16)27(14-25-19)20(13-22(28)29)15-6-2-1-3-7-15/h1-12,14,20H,13H2,(H,26,30)(H,28,29). The Kier molecular flexibility index (Phi) is 5.63. The lowest BCUT2D eigenvalue weighted by Gasteiger charge is -2.18. The molecule has 1 aromatic heterocycles. The zero-order valence-electron chi connectivity index (χ0n) is 15.8. The van der Waals surface area contributed by atoms with Gasteiger partial charge in [-0.15, -0.1) is 0 Å². The van der Waals surface area contributed by atoms with Crippen molar-refractivity contribution in [2.75, 3.05) is 5.32 Å². The molecular formula is C23H18BrN3O3. The van der Waals surface area contributed by atoms with Crippen LogP contribution in [0.2, 0.25) is 0 Å². The van der Waals surface area contributed by atoms with Crippen molar-refractivity contribution < 1.29 is 14.7 Å². The molecule has 1 atom stereocenters. The molecule has 0 spiro atoms. The van der Waals surface area contributed by atoms with Gasteiger partial charge in [-0.2, -0.15) is 0 Å². The fraction of sp³-hybridized carbons (Fsp3) is 0.0870. The molecule has 30 heavy (non-hydrogen) atoms. The smallest absolute Gasteiger partial charge is 0.305 e. The molecule has 150 valence electrons. The Balaban J connectivity index is 1.71. The monoisotopic (exact) mass is 463 g/mol. The molecule has 0 bridgehead atoms. The maximum absolute atomic E-state index is 12.7. The average Bonchev–Trinajstić information content (AvgIpc) is 3.16. The van der Waals surface area contributed by atoms with Crippen molar-refractivity contribution in [2.45, 2.75) is 12.5 Å². The normalized spacial score (nSPS) is 11.9. The van der Waals surface area contributed by atoms with E-state index in [1.165, 1.54) is 0 Å². The van der Waals surface area contributed by atoms with E-state index < -0.39 is 12.0 Å². The molecule has 0 radical (unpaired) electrons. The number of imidazole rings is 1. The number of hydrogen-bond acceptors (Lipinski definition) is 3. The van der Waals surface area contributed by atoms with Crippen LogP contribution in [-0.2, 0) is 4.79 Å². The molecule has 7 heteroatoms. The number of halogens is 1. The minimum Gasteiger partial charge on any atom is -0.481 e. The first-order chi connectivity index (χ1) is 14.5. The Morgan fingerprint density at radius 2 is 1.77 bits per heavy atom. The number of nitrogens with zero attached hydrogens (tertiary/aromatic N) is 2. The van der Waals surface area contributed by atoms with Crippen LogP contribution in [0.5, 0.6) is 0 Å². The van der Waals surface area contributed by atoms with E-state index in [1.54, 1.807) is 24.5 Å². The van der Waals surface area contributed by atoms with Crippen molar-refractivity contribution >= 4 is 44.5 Å². The molecule has 0 saturated heterocycles. The molecule has 2 N–H and O–H groups in total. The number of fused-ring (bicyclic) bond motifs is 1. The van der Waals surface area contributed by atoms with Gasteiger partial charge < -0.3 is 15.0 Å². The number of carbonyl (C=O) groups excluding carboxylic acids is 1. The molecule has 1 heterocycles. The van der Waals surface area contributed by atoms with E-state index in [4.69, 9.17) is 0 Å². The molecule has 0 aliphatic rings. The van der Waals surface area contributed by atoms with Crippen LogP contribution >= 0.6 is 15.9 Å². The predicted octanol–water partition coefficient (Wildman–Crippen LogP) is 5.12. The lowest BCUT2D eigenvalue weighted by atomic mass is 10.0. The summed E-state index contributed by atoms with van der Waals surface area (Å²) in [5.74, 6) is -1.14. The molecule has 0 fully saturated rings. The molecule has 0 saturated carbocycles. The molecule has 4 rings (SSSR count). The zero-order chi connectivity index (χ0) is 21.1. The minimum atomic E-state index is -0.899. The minimum absolute atomic E-state index is 0.0803. The Morgan fingerprint density at radius 3 is 2.50 bits per heavy atom. The van der Waals surface area contributed by atoms with Crippen molar-refractivity contribution in [1.82, 2.24) is 9.55 Å². The van der Waals surface area contributed by atoms with Gasteiger partial charge in [-0.1, -0.05) is 42.5 Å². The fourth-order valence-corrected chi connectivity index (χ4v) is 3.88. The van der Waals surface area contributed by atoms with Crippen LogP contribution in [0, 0.1) is 0 Å². The Labute approximate surface area is 181 Å². The fourth-order valence-electron chi connectivity index (χ4n) is 3.41. The molecule has 6 nitrogen and oxygen atoms in total. The zero-order valence-corrected chi connectivity index (χ0v) is 17.4. The van der Waals surface area contributed by atoms with Gasteiger partial charge in [0.05, 0.1) is 35.4 Å². The first-order valence-electron chi connectivity index (χ1n) is 9.32. The summed E-state index contributed by atoms with van der Waals surface area (Å²) < 4.78 is 2.55. The number of aliphatic carboxylic acids is 1. The van der Waals surface area contributed by atoms with E-state index in [0.717, 1.165) is 16.6 Å². The van der Waals surface area contributed by atoms with Gasteiger partial charge in [0, 0.05) is 10.2 Å². The van der Waals surface area contributed by atoms with E-state index in [1.807, 2.05) is 59.2 Å². The van der Waals surface area contributed by atoms with Gasteiger partial charge in [-0.25, -0.2) is 4.98 Å². The van der Waals surface area contributed by atoms with Crippen LogP contribution in [0.15, 0.2) is 83.6 Å². The van der Waals surface area contributed by atoms with E-state index in [0.29, 0.717) is 15.7 Å². The van der Waals surface area contributed by atoms with Gasteiger partial charge >= 0.3 is 5.97 Å². The summed E-state index contributed by atoms with van der Waals surface area (Å²) in [6.45, 7) is 0. The lowest BCUT2D eigenvalue weighted by Crippen LogP contribution is -2.15. The van der Waals surface area contributed by atoms with E-state index in [9.17, 15) is 14.7 Å².